The Labute approximate surface area is 89.6 Å². The molecule has 94 valence electrons. The SMILES string of the molecule is CC(C)C(NC(=O)OCC(F)(F)F)C(=O)[O-]. The van der Waals surface area contributed by atoms with Crippen molar-refractivity contribution < 1.29 is 32.6 Å². The van der Waals surface area contributed by atoms with E-state index in [1.165, 1.54) is 13.8 Å². The summed E-state index contributed by atoms with van der Waals surface area (Å²) in [5.74, 6) is -2.11. The smallest absolute Gasteiger partial charge is 0.422 e. The summed E-state index contributed by atoms with van der Waals surface area (Å²) in [4.78, 5) is 21.3. The molecule has 0 saturated carbocycles. The predicted molar refractivity (Wildman–Crippen MR) is 44.2 cm³/mol. The van der Waals surface area contributed by atoms with E-state index in [-0.39, 0.29) is 0 Å². The molecule has 0 fully saturated rings. The summed E-state index contributed by atoms with van der Waals surface area (Å²) < 4.78 is 38.7. The Morgan fingerprint density at radius 2 is 1.88 bits per heavy atom. The van der Waals surface area contributed by atoms with Gasteiger partial charge in [0.1, 0.15) is 0 Å². The van der Waals surface area contributed by atoms with Crippen molar-refractivity contribution in [1.29, 1.82) is 0 Å². The molecule has 0 saturated heterocycles. The van der Waals surface area contributed by atoms with Gasteiger partial charge in [-0.05, 0) is 5.92 Å². The highest BCUT2D eigenvalue weighted by atomic mass is 19.4. The maximum absolute atomic E-state index is 11.6. The third-order valence-electron chi connectivity index (χ3n) is 1.56. The lowest BCUT2D eigenvalue weighted by Crippen LogP contribution is -2.51. The molecule has 8 heteroatoms. The highest BCUT2D eigenvalue weighted by molar-refractivity contribution is 5.78. The number of ether oxygens (including phenoxy) is 1. The number of alkyl halides is 3. The first kappa shape index (κ1) is 14.5. The average molecular weight is 242 g/mol. The number of amides is 1. The van der Waals surface area contributed by atoms with E-state index in [1.54, 1.807) is 5.32 Å². The van der Waals surface area contributed by atoms with Crippen LogP contribution in [0.5, 0.6) is 0 Å². The Bertz CT molecular complexity index is 264. The van der Waals surface area contributed by atoms with Crippen molar-refractivity contribution in [2.45, 2.75) is 26.1 Å². The van der Waals surface area contributed by atoms with Gasteiger partial charge in [0, 0.05) is 0 Å². The molecular weight excluding hydrogens is 231 g/mol. The first-order valence-electron chi connectivity index (χ1n) is 4.34. The van der Waals surface area contributed by atoms with Gasteiger partial charge in [-0.3, -0.25) is 0 Å². The standard InChI is InChI=1S/C8H12F3NO4/c1-4(2)5(6(13)14)12-7(15)16-3-8(9,10)11/h4-5H,3H2,1-2H3,(H,12,15)(H,13,14)/p-1. The van der Waals surface area contributed by atoms with E-state index in [9.17, 15) is 27.9 Å². The van der Waals surface area contributed by atoms with Crippen LogP contribution in [0.3, 0.4) is 0 Å². The van der Waals surface area contributed by atoms with Crippen molar-refractivity contribution >= 4 is 12.1 Å². The van der Waals surface area contributed by atoms with E-state index in [0.29, 0.717) is 0 Å². The molecule has 16 heavy (non-hydrogen) atoms. The largest absolute Gasteiger partial charge is 0.548 e. The molecule has 0 heterocycles. The van der Waals surface area contributed by atoms with Crippen molar-refractivity contribution in [1.82, 2.24) is 5.32 Å². The van der Waals surface area contributed by atoms with Gasteiger partial charge in [-0.15, -0.1) is 0 Å². The summed E-state index contributed by atoms with van der Waals surface area (Å²) in [5.41, 5.74) is 0. The van der Waals surface area contributed by atoms with Crippen LogP contribution >= 0.6 is 0 Å². The van der Waals surface area contributed by atoms with Crippen molar-refractivity contribution in [2.75, 3.05) is 6.61 Å². The zero-order valence-corrected chi connectivity index (χ0v) is 8.63. The van der Waals surface area contributed by atoms with Crippen LogP contribution in [0.15, 0.2) is 0 Å². The zero-order valence-electron chi connectivity index (χ0n) is 8.63. The molecule has 0 aromatic heterocycles. The van der Waals surface area contributed by atoms with E-state index in [4.69, 9.17) is 0 Å². The predicted octanol–water partition coefficient (Wildman–Crippen LogP) is 0.0494. The van der Waals surface area contributed by atoms with Gasteiger partial charge in [0.25, 0.3) is 0 Å². The van der Waals surface area contributed by atoms with Crippen molar-refractivity contribution in [3.63, 3.8) is 0 Å². The minimum absolute atomic E-state index is 0.525. The molecule has 1 N–H and O–H groups in total. The van der Waals surface area contributed by atoms with Crippen LogP contribution in [-0.4, -0.2) is 30.9 Å². The van der Waals surface area contributed by atoms with Crippen LogP contribution in [0.4, 0.5) is 18.0 Å². The van der Waals surface area contributed by atoms with Gasteiger partial charge in [0.05, 0.1) is 12.0 Å². The van der Waals surface area contributed by atoms with Gasteiger partial charge in [-0.2, -0.15) is 13.2 Å². The second-order valence-electron chi connectivity index (χ2n) is 3.38. The van der Waals surface area contributed by atoms with Crippen LogP contribution in [-0.2, 0) is 9.53 Å². The number of nitrogens with one attached hydrogen (secondary N) is 1. The number of alkyl carbamates (subject to hydrolysis) is 1. The first-order valence-corrected chi connectivity index (χ1v) is 4.34. The molecule has 1 atom stereocenters. The van der Waals surface area contributed by atoms with E-state index in [2.05, 4.69) is 4.74 Å². The summed E-state index contributed by atoms with van der Waals surface area (Å²) in [6, 6.07) is -1.39. The molecule has 0 aromatic carbocycles. The molecule has 0 aliphatic rings. The summed E-state index contributed by atoms with van der Waals surface area (Å²) in [6.07, 6.45) is -6.09. The molecule has 0 aromatic rings. The normalized spacial score (nSPS) is 13.4. The van der Waals surface area contributed by atoms with Crippen molar-refractivity contribution in [3.8, 4) is 0 Å². The molecule has 0 spiro atoms. The fraction of sp³-hybridized carbons (Fsp3) is 0.750. The number of rotatable bonds is 4. The molecule has 0 aliphatic carbocycles. The maximum atomic E-state index is 11.6. The van der Waals surface area contributed by atoms with Gasteiger partial charge >= 0.3 is 12.3 Å². The second kappa shape index (κ2) is 5.57. The fourth-order valence-corrected chi connectivity index (χ4v) is 0.814. The van der Waals surface area contributed by atoms with E-state index in [1.807, 2.05) is 0 Å². The van der Waals surface area contributed by atoms with Gasteiger partial charge in [0.15, 0.2) is 6.61 Å². The zero-order chi connectivity index (χ0) is 12.9. The van der Waals surface area contributed by atoms with Gasteiger partial charge in [-0.25, -0.2) is 4.79 Å². The number of hydrogen-bond acceptors (Lipinski definition) is 4. The van der Waals surface area contributed by atoms with E-state index >= 15 is 0 Å². The molecule has 5 nitrogen and oxygen atoms in total. The van der Waals surface area contributed by atoms with Crippen LogP contribution in [0.1, 0.15) is 13.8 Å². The molecule has 0 aliphatic heterocycles. The minimum atomic E-state index is -4.65. The number of aliphatic carboxylic acids is 1. The van der Waals surface area contributed by atoms with Crippen molar-refractivity contribution in [3.05, 3.63) is 0 Å². The molecule has 0 bridgehead atoms. The van der Waals surface area contributed by atoms with Crippen LogP contribution in [0, 0.1) is 5.92 Å². The number of carboxylic acids is 1. The van der Waals surface area contributed by atoms with E-state index < -0.39 is 36.8 Å². The monoisotopic (exact) mass is 242 g/mol. The third kappa shape index (κ3) is 6.10. The highest BCUT2D eigenvalue weighted by Gasteiger charge is 2.30. The van der Waals surface area contributed by atoms with Crippen LogP contribution in [0.25, 0.3) is 0 Å². The Balaban J connectivity index is 4.17. The lowest BCUT2D eigenvalue weighted by molar-refractivity contribution is -0.309. The molecule has 0 radical (unpaired) electrons. The number of halogens is 3. The Morgan fingerprint density at radius 3 is 2.19 bits per heavy atom. The number of carboxylic acid groups (broad SMARTS) is 1. The Morgan fingerprint density at radius 1 is 1.38 bits per heavy atom. The van der Waals surface area contributed by atoms with Gasteiger partial charge in [0.2, 0.25) is 0 Å². The van der Waals surface area contributed by atoms with Crippen LogP contribution in [0.2, 0.25) is 0 Å². The first-order chi connectivity index (χ1) is 7.13. The molecule has 0 rings (SSSR count). The Kier molecular flexibility index (Phi) is 5.06. The lowest BCUT2D eigenvalue weighted by atomic mass is 10.1. The topological polar surface area (TPSA) is 78.5 Å². The van der Waals surface area contributed by atoms with Gasteiger partial charge in [-0.1, -0.05) is 13.8 Å². The second-order valence-corrected chi connectivity index (χ2v) is 3.38. The number of carbonyl (C=O) groups excluding carboxylic acids is 2. The van der Waals surface area contributed by atoms with Crippen molar-refractivity contribution in [2.24, 2.45) is 5.92 Å². The maximum Gasteiger partial charge on any atom is 0.422 e. The summed E-state index contributed by atoms with van der Waals surface area (Å²) in [6.45, 7) is 1.16. The van der Waals surface area contributed by atoms with Gasteiger partial charge < -0.3 is 20.0 Å². The van der Waals surface area contributed by atoms with E-state index in [0.717, 1.165) is 0 Å². The summed E-state index contributed by atoms with van der Waals surface area (Å²) >= 11 is 0. The molecule has 1 amide bonds. The average Bonchev–Trinajstić information content (AvgIpc) is 2.08. The summed E-state index contributed by atoms with van der Waals surface area (Å²) in [7, 11) is 0. The fourth-order valence-electron chi connectivity index (χ4n) is 0.814. The molecular formula is C8H11F3NO4-. The lowest BCUT2D eigenvalue weighted by Gasteiger charge is -2.22. The number of carbonyl (C=O) groups is 2. The molecule has 1 unspecified atom stereocenters. The quantitative estimate of drug-likeness (QED) is 0.755. The van der Waals surface area contributed by atoms with Crippen LogP contribution < -0.4 is 10.4 Å². The highest BCUT2D eigenvalue weighted by Crippen LogP contribution is 2.14. The number of hydrogen-bond donors (Lipinski definition) is 1. The Hall–Kier alpha value is -1.47. The minimum Gasteiger partial charge on any atom is -0.548 e. The summed E-state index contributed by atoms with van der Waals surface area (Å²) in [5, 5.41) is 12.2. The third-order valence-corrected chi connectivity index (χ3v) is 1.56.